The molecular formula is C30H25N3O3. The second kappa shape index (κ2) is 10.8. The van der Waals surface area contributed by atoms with E-state index < -0.39 is 0 Å². The van der Waals surface area contributed by atoms with Gasteiger partial charge in [-0.15, -0.1) is 0 Å². The lowest BCUT2D eigenvalue weighted by atomic mass is 10.0. The minimum Gasteiger partial charge on any atom is -0.367 e. The van der Waals surface area contributed by atoms with Gasteiger partial charge in [0.15, 0.2) is 0 Å². The quantitative estimate of drug-likeness (QED) is 0.322. The molecular weight excluding hydrogens is 450 g/mol. The summed E-state index contributed by atoms with van der Waals surface area (Å²) in [6.07, 6.45) is 5.21. The van der Waals surface area contributed by atoms with Crippen molar-refractivity contribution in [3.05, 3.63) is 126 Å². The largest absolute Gasteiger partial charge is 0.367 e. The second-order valence-corrected chi connectivity index (χ2v) is 8.45. The Kier molecular flexibility index (Phi) is 6.96. The lowest BCUT2D eigenvalue weighted by Crippen LogP contribution is -2.22. The van der Waals surface area contributed by atoms with Gasteiger partial charge in [-0.1, -0.05) is 54.6 Å². The highest BCUT2D eigenvalue weighted by Crippen LogP contribution is 2.26. The fraction of sp³-hybridized carbons (Fsp3) is 0.100. The molecule has 178 valence electrons. The van der Waals surface area contributed by atoms with Gasteiger partial charge in [0.25, 0.3) is 11.8 Å². The molecule has 0 unspecified atom stereocenters. The van der Waals surface area contributed by atoms with E-state index in [9.17, 15) is 9.59 Å². The highest BCUT2D eigenvalue weighted by Gasteiger charge is 2.11. The number of fused-ring (bicyclic) bond motifs is 1. The van der Waals surface area contributed by atoms with Gasteiger partial charge in [0.1, 0.15) is 6.61 Å². The smallest absolute Gasteiger partial charge is 0.257 e. The molecule has 6 nitrogen and oxygen atoms in total. The molecule has 0 spiro atoms. The van der Waals surface area contributed by atoms with Crippen LogP contribution in [0.3, 0.4) is 0 Å². The normalized spacial score (nSPS) is 10.9. The van der Waals surface area contributed by atoms with Gasteiger partial charge in [0.05, 0.1) is 12.1 Å². The molecule has 0 aliphatic heterocycles. The summed E-state index contributed by atoms with van der Waals surface area (Å²) in [4.78, 5) is 29.3. The van der Waals surface area contributed by atoms with Crippen molar-refractivity contribution in [2.75, 3.05) is 6.61 Å². The molecule has 1 amide bonds. The zero-order valence-corrected chi connectivity index (χ0v) is 19.6. The van der Waals surface area contributed by atoms with Crippen molar-refractivity contribution >= 4 is 22.7 Å². The molecule has 0 atom stereocenters. The summed E-state index contributed by atoms with van der Waals surface area (Å²) in [5, 5.41) is 3.87. The zero-order valence-electron chi connectivity index (χ0n) is 19.6. The Morgan fingerprint density at radius 3 is 2.39 bits per heavy atom. The van der Waals surface area contributed by atoms with E-state index in [-0.39, 0.29) is 18.4 Å². The average molecular weight is 476 g/mol. The molecule has 0 saturated heterocycles. The number of benzene rings is 3. The Morgan fingerprint density at radius 1 is 0.833 bits per heavy atom. The molecule has 5 rings (SSSR count). The molecule has 0 bridgehead atoms. The maximum atomic E-state index is 12.7. The summed E-state index contributed by atoms with van der Waals surface area (Å²) in [5.74, 6) is -0.249. The van der Waals surface area contributed by atoms with E-state index in [1.165, 1.54) is 0 Å². The van der Waals surface area contributed by atoms with E-state index in [2.05, 4.69) is 10.3 Å². The number of hydrogen-bond acceptors (Lipinski definition) is 4. The summed E-state index contributed by atoms with van der Waals surface area (Å²) in [6, 6.07) is 28.9. The van der Waals surface area contributed by atoms with Crippen molar-refractivity contribution in [1.29, 1.82) is 0 Å². The van der Waals surface area contributed by atoms with Crippen LogP contribution in [-0.2, 0) is 17.9 Å². The molecule has 36 heavy (non-hydrogen) atoms. The Balaban J connectivity index is 1.23. The van der Waals surface area contributed by atoms with Gasteiger partial charge in [0.2, 0.25) is 0 Å². The molecule has 0 aliphatic rings. The van der Waals surface area contributed by atoms with Crippen molar-refractivity contribution in [1.82, 2.24) is 14.9 Å². The van der Waals surface area contributed by atoms with E-state index in [1.54, 1.807) is 23.2 Å². The number of nitrogens with one attached hydrogen (secondary N) is 1. The van der Waals surface area contributed by atoms with Crippen LogP contribution in [0.15, 0.2) is 110 Å². The van der Waals surface area contributed by atoms with Crippen LogP contribution in [0.1, 0.15) is 26.3 Å². The first-order chi connectivity index (χ1) is 17.7. The maximum absolute atomic E-state index is 12.7. The fourth-order valence-electron chi connectivity index (χ4n) is 4.04. The summed E-state index contributed by atoms with van der Waals surface area (Å²) < 4.78 is 7.24. The Bertz CT molecular complexity index is 1480. The van der Waals surface area contributed by atoms with Gasteiger partial charge in [-0.05, 0) is 58.7 Å². The van der Waals surface area contributed by atoms with E-state index in [0.717, 1.165) is 33.2 Å². The third-order valence-electron chi connectivity index (χ3n) is 5.95. The molecule has 2 heterocycles. The number of amides is 1. The lowest BCUT2D eigenvalue weighted by Gasteiger charge is -2.08. The van der Waals surface area contributed by atoms with Crippen LogP contribution >= 0.6 is 0 Å². The number of carbonyl (C=O) groups excluding carboxylic acids is 2. The summed E-state index contributed by atoms with van der Waals surface area (Å²) >= 11 is 0. The number of carbonyl (C=O) groups is 2. The van der Waals surface area contributed by atoms with E-state index >= 15 is 0 Å². The summed E-state index contributed by atoms with van der Waals surface area (Å²) in [6.45, 7) is 0.830. The van der Waals surface area contributed by atoms with Crippen molar-refractivity contribution < 1.29 is 14.3 Å². The first kappa shape index (κ1) is 23.2. The van der Waals surface area contributed by atoms with Gasteiger partial charge in [-0.25, -0.2) is 0 Å². The van der Waals surface area contributed by atoms with E-state index in [1.807, 2.05) is 91.0 Å². The van der Waals surface area contributed by atoms with Crippen LogP contribution in [0, 0.1) is 0 Å². The standard InChI is InChI=1S/C30H25N3O3/c34-29(21-36-20-22-5-2-1-3-6-22)33-16-14-27-17-26(12-13-28(27)33)24-8-10-25(11-9-24)30(35)32-19-23-7-4-15-31-18-23/h1-18H,19-21H2,(H,32,35). The summed E-state index contributed by atoms with van der Waals surface area (Å²) in [5.41, 5.74) is 5.41. The summed E-state index contributed by atoms with van der Waals surface area (Å²) in [7, 11) is 0. The van der Waals surface area contributed by atoms with Crippen molar-refractivity contribution in [3.8, 4) is 11.1 Å². The average Bonchev–Trinajstić information content (AvgIpc) is 3.36. The van der Waals surface area contributed by atoms with Crippen LogP contribution in [0.5, 0.6) is 0 Å². The van der Waals surface area contributed by atoms with Crippen molar-refractivity contribution in [3.63, 3.8) is 0 Å². The number of pyridine rings is 1. The third kappa shape index (κ3) is 5.40. The van der Waals surface area contributed by atoms with Gasteiger partial charge >= 0.3 is 0 Å². The minimum absolute atomic E-state index is 0.00470. The molecule has 5 aromatic rings. The molecule has 2 aromatic heterocycles. The number of hydrogen-bond donors (Lipinski definition) is 1. The molecule has 6 heteroatoms. The van der Waals surface area contributed by atoms with Crippen LogP contribution in [0.4, 0.5) is 0 Å². The first-order valence-corrected chi connectivity index (χ1v) is 11.7. The Hall–Kier alpha value is -4.55. The topological polar surface area (TPSA) is 73.2 Å². The van der Waals surface area contributed by atoms with Gasteiger partial charge < -0.3 is 10.1 Å². The van der Waals surface area contributed by atoms with Gasteiger partial charge in [-0.3, -0.25) is 19.1 Å². The van der Waals surface area contributed by atoms with Crippen molar-refractivity contribution in [2.24, 2.45) is 0 Å². The Morgan fingerprint density at radius 2 is 1.61 bits per heavy atom. The zero-order chi connectivity index (χ0) is 24.7. The molecule has 3 aromatic carbocycles. The Labute approximate surface area is 209 Å². The minimum atomic E-state index is -0.133. The highest BCUT2D eigenvalue weighted by molar-refractivity contribution is 5.96. The molecule has 0 radical (unpaired) electrons. The predicted molar refractivity (Wildman–Crippen MR) is 140 cm³/mol. The van der Waals surface area contributed by atoms with E-state index in [0.29, 0.717) is 18.7 Å². The first-order valence-electron chi connectivity index (χ1n) is 11.7. The van der Waals surface area contributed by atoms with Crippen LogP contribution < -0.4 is 5.32 Å². The maximum Gasteiger partial charge on any atom is 0.257 e. The van der Waals surface area contributed by atoms with Gasteiger partial charge in [-0.2, -0.15) is 0 Å². The predicted octanol–water partition coefficient (Wildman–Crippen LogP) is 5.49. The molecule has 0 fully saturated rings. The highest BCUT2D eigenvalue weighted by atomic mass is 16.5. The molecule has 0 aliphatic carbocycles. The van der Waals surface area contributed by atoms with Crippen molar-refractivity contribution in [2.45, 2.75) is 13.2 Å². The second-order valence-electron chi connectivity index (χ2n) is 8.45. The molecule has 1 N–H and O–H groups in total. The van der Waals surface area contributed by atoms with Crippen LogP contribution in [0.25, 0.3) is 22.0 Å². The molecule has 0 saturated carbocycles. The van der Waals surface area contributed by atoms with E-state index in [4.69, 9.17) is 4.74 Å². The number of ether oxygens (including phenoxy) is 1. The lowest BCUT2D eigenvalue weighted by molar-refractivity contribution is 0.0649. The third-order valence-corrected chi connectivity index (χ3v) is 5.95. The number of nitrogens with zero attached hydrogens (tertiary/aromatic N) is 2. The number of rotatable bonds is 8. The van der Waals surface area contributed by atoms with Crippen LogP contribution in [0.2, 0.25) is 0 Å². The number of aromatic nitrogens is 2. The fourth-order valence-corrected chi connectivity index (χ4v) is 4.04. The monoisotopic (exact) mass is 475 g/mol. The van der Waals surface area contributed by atoms with Gasteiger partial charge in [0, 0.05) is 36.1 Å². The van der Waals surface area contributed by atoms with Crippen LogP contribution in [-0.4, -0.2) is 28.0 Å². The SMILES string of the molecule is O=C(NCc1cccnc1)c1ccc(-c2ccc3c(ccn3C(=O)COCc3ccccc3)c2)cc1.